The van der Waals surface area contributed by atoms with Crippen LogP contribution < -0.4 is 0 Å². The van der Waals surface area contributed by atoms with E-state index in [0.717, 1.165) is 5.56 Å². The Morgan fingerprint density at radius 1 is 1.35 bits per heavy atom. The van der Waals surface area contributed by atoms with Crippen molar-refractivity contribution in [3.8, 4) is 0 Å². The average Bonchev–Trinajstić information content (AvgIpc) is 2.22. The molecule has 1 aliphatic heterocycles. The minimum Gasteiger partial charge on any atom is -0.396 e. The highest BCUT2D eigenvalue weighted by molar-refractivity contribution is 5.79. The summed E-state index contributed by atoms with van der Waals surface area (Å²) in [6.45, 7) is 5.74. The Morgan fingerprint density at radius 2 is 2.06 bits per heavy atom. The summed E-state index contributed by atoms with van der Waals surface area (Å²) in [4.78, 5) is 13.7. The van der Waals surface area contributed by atoms with Gasteiger partial charge in [-0.15, -0.1) is 0 Å². The molecular weight excluding hydrogens is 214 g/mol. The second-order valence-electron chi connectivity index (χ2n) is 4.94. The second-order valence-corrected chi connectivity index (χ2v) is 4.94. The maximum atomic E-state index is 11.9. The molecule has 0 aliphatic carbocycles. The predicted octanol–water partition coefficient (Wildman–Crippen LogP) is 1.30. The molecule has 1 N–H and O–H groups in total. The first-order valence-corrected chi connectivity index (χ1v) is 6.05. The standard InChI is InChI=1S/C14H19NO2/c1-10-3-4-12(5-11(10)2)6-14(17)15-7-13(8-15)9-16/h3-5,13,16H,6-9H2,1-2H3. The van der Waals surface area contributed by atoms with Crippen LogP contribution in [0.5, 0.6) is 0 Å². The summed E-state index contributed by atoms with van der Waals surface area (Å²) < 4.78 is 0. The van der Waals surface area contributed by atoms with Crippen LogP contribution in [-0.2, 0) is 11.2 Å². The van der Waals surface area contributed by atoms with Crippen LogP contribution in [0.1, 0.15) is 16.7 Å². The van der Waals surface area contributed by atoms with E-state index < -0.39 is 0 Å². The van der Waals surface area contributed by atoms with Gasteiger partial charge in [-0.05, 0) is 30.5 Å². The number of nitrogens with zero attached hydrogens (tertiary/aromatic N) is 1. The van der Waals surface area contributed by atoms with Gasteiger partial charge in [0.05, 0.1) is 6.42 Å². The van der Waals surface area contributed by atoms with E-state index in [1.54, 1.807) is 0 Å². The monoisotopic (exact) mass is 233 g/mol. The van der Waals surface area contributed by atoms with E-state index in [2.05, 4.69) is 26.0 Å². The molecule has 0 aromatic heterocycles. The lowest BCUT2D eigenvalue weighted by Crippen LogP contribution is -2.51. The van der Waals surface area contributed by atoms with Crippen molar-refractivity contribution in [3.63, 3.8) is 0 Å². The van der Waals surface area contributed by atoms with Crippen LogP contribution in [0.2, 0.25) is 0 Å². The van der Waals surface area contributed by atoms with Crippen molar-refractivity contribution in [3.05, 3.63) is 34.9 Å². The summed E-state index contributed by atoms with van der Waals surface area (Å²) in [6, 6.07) is 6.16. The van der Waals surface area contributed by atoms with Crippen molar-refractivity contribution in [1.29, 1.82) is 0 Å². The maximum absolute atomic E-state index is 11.9. The first-order chi connectivity index (χ1) is 8.10. The first kappa shape index (κ1) is 12.1. The van der Waals surface area contributed by atoms with Crippen molar-refractivity contribution in [2.24, 2.45) is 5.92 Å². The molecule has 1 aliphatic rings. The molecule has 3 nitrogen and oxygen atoms in total. The highest BCUT2D eigenvalue weighted by atomic mass is 16.3. The molecule has 1 aromatic rings. The molecule has 0 radical (unpaired) electrons. The number of aryl methyl sites for hydroxylation is 2. The molecule has 2 rings (SSSR count). The van der Waals surface area contributed by atoms with Crippen LogP contribution in [0.25, 0.3) is 0 Å². The quantitative estimate of drug-likeness (QED) is 0.854. The molecule has 1 amide bonds. The van der Waals surface area contributed by atoms with Crippen LogP contribution in [0, 0.1) is 19.8 Å². The lowest BCUT2D eigenvalue weighted by atomic mass is 9.99. The van der Waals surface area contributed by atoms with Crippen LogP contribution >= 0.6 is 0 Å². The summed E-state index contributed by atoms with van der Waals surface area (Å²) in [7, 11) is 0. The Morgan fingerprint density at radius 3 is 2.65 bits per heavy atom. The number of aliphatic hydroxyl groups excluding tert-OH is 1. The summed E-state index contributed by atoms with van der Waals surface area (Å²) in [5.41, 5.74) is 3.56. The fourth-order valence-corrected chi connectivity index (χ4v) is 2.09. The Balaban J connectivity index is 1.92. The Labute approximate surface area is 102 Å². The van der Waals surface area contributed by atoms with E-state index in [4.69, 9.17) is 5.11 Å². The van der Waals surface area contributed by atoms with Crippen molar-refractivity contribution in [1.82, 2.24) is 4.90 Å². The van der Waals surface area contributed by atoms with Crippen molar-refractivity contribution in [2.45, 2.75) is 20.3 Å². The zero-order valence-corrected chi connectivity index (χ0v) is 10.4. The number of benzene rings is 1. The van der Waals surface area contributed by atoms with Gasteiger partial charge in [0, 0.05) is 25.6 Å². The topological polar surface area (TPSA) is 40.5 Å². The van der Waals surface area contributed by atoms with E-state index in [1.165, 1.54) is 11.1 Å². The molecule has 0 spiro atoms. The number of rotatable bonds is 3. The third kappa shape index (κ3) is 2.67. The number of aliphatic hydroxyl groups is 1. The van der Waals surface area contributed by atoms with E-state index in [0.29, 0.717) is 25.4 Å². The number of amides is 1. The fourth-order valence-electron chi connectivity index (χ4n) is 2.09. The zero-order chi connectivity index (χ0) is 12.4. The minimum atomic E-state index is 0.165. The van der Waals surface area contributed by atoms with Gasteiger partial charge in [0.15, 0.2) is 0 Å². The lowest BCUT2D eigenvalue weighted by molar-refractivity contribution is -0.137. The predicted molar refractivity (Wildman–Crippen MR) is 66.8 cm³/mol. The van der Waals surface area contributed by atoms with E-state index in [1.807, 2.05) is 11.0 Å². The molecule has 3 heteroatoms. The van der Waals surface area contributed by atoms with Gasteiger partial charge in [-0.2, -0.15) is 0 Å². The molecule has 1 aromatic carbocycles. The van der Waals surface area contributed by atoms with Gasteiger partial charge in [0.2, 0.25) is 5.91 Å². The summed E-state index contributed by atoms with van der Waals surface area (Å²) in [5.74, 6) is 0.455. The Hall–Kier alpha value is -1.35. The largest absolute Gasteiger partial charge is 0.396 e. The highest BCUT2D eigenvalue weighted by Crippen LogP contribution is 2.17. The number of hydrogen-bond donors (Lipinski definition) is 1. The van der Waals surface area contributed by atoms with Crippen molar-refractivity contribution < 1.29 is 9.90 Å². The van der Waals surface area contributed by atoms with Crippen LogP contribution in [0.15, 0.2) is 18.2 Å². The van der Waals surface area contributed by atoms with Gasteiger partial charge in [0.25, 0.3) is 0 Å². The van der Waals surface area contributed by atoms with E-state index in [-0.39, 0.29) is 12.5 Å². The lowest BCUT2D eigenvalue weighted by Gasteiger charge is -2.38. The van der Waals surface area contributed by atoms with Crippen LogP contribution in [0.4, 0.5) is 0 Å². The molecule has 17 heavy (non-hydrogen) atoms. The Bertz CT molecular complexity index is 422. The molecule has 0 bridgehead atoms. The Kier molecular flexibility index (Phi) is 3.48. The number of carbonyl (C=O) groups is 1. The SMILES string of the molecule is Cc1ccc(CC(=O)N2CC(CO)C2)cc1C. The minimum absolute atomic E-state index is 0.165. The molecule has 0 saturated carbocycles. The molecule has 1 fully saturated rings. The van der Waals surface area contributed by atoms with Gasteiger partial charge in [-0.1, -0.05) is 18.2 Å². The van der Waals surface area contributed by atoms with Gasteiger partial charge < -0.3 is 10.0 Å². The van der Waals surface area contributed by atoms with Crippen molar-refractivity contribution in [2.75, 3.05) is 19.7 Å². The molecule has 0 atom stereocenters. The smallest absolute Gasteiger partial charge is 0.227 e. The summed E-state index contributed by atoms with van der Waals surface area (Å²) in [6.07, 6.45) is 0.471. The van der Waals surface area contributed by atoms with Crippen molar-refractivity contribution >= 4 is 5.91 Å². The molecule has 1 heterocycles. The highest BCUT2D eigenvalue weighted by Gasteiger charge is 2.29. The summed E-state index contributed by atoms with van der Waals surface area (Å²) >= 11 is 0. The van der Waals surface area contributed by atoms with Gasteiger partial charge >= 0.3 is 0 Å². The van der Waals surface area contributed by atoms with Gasteiger partial charge in [-0.25, -0.2) is 0 Å². The third-order valence-corrected chi connectivity index (χ3v) is 3.49. The van der Waals surface area contributed by atoms with Crippen LogP contribution in [0.3, 0.4) is 0 Å². The van der Waals surface area contributed by atoms with E-state index in [9.17, 15) is 4.79 Å². The number of likely N-dealkylation sites (tertiary alicyclic amines) is 1. The summed E-state index contributed by atoms with van der Waals surface area (Å²) in [5, 5.41) is 8.90. The van der Waals surface area contributed by atoms with Gasteiger partial charge in [0.1, 0.15) is 0 Å². The number of hydrogen-bond acceptors (Lipinski definition) is 2. The molecule has 0 unspecified atom stereocenters. The maximum Gasteiger partial charge on any atom is 0.227 e. The zero-order valence-electron chi connectivity index (χ0n) is 10.4. The third-order valence-electron chi connectivity index (χ3n) is 3.49. The normalized spacial score (nSPS) is 15.8. The average molecular weight is 233 g/mol. The number of carbonyl (C=O) groups excluding carboxylic acids is 1. The fraction of sp³-hybridized carbons (Fsp3) is 0.500. The second kappa shape index (κ2) is 4.88. The van der Waals surface area contributed by atoms with Crippen LogP contribution in [-0.4, -0.2) is 35.6 Å². The van der Waals surface area contributed by atoms with E-state index >= 15 is 0 Å². The molecule has 1 saturated heterocycles. The molecule has 92 valence electrons. The first-order valence-electron chi connectivity index (χ1n) is 6.05. The van der Waals surface area contributed by atoms with Gasteiger partial charge in [-0.3, -0.25) is 4.79 Å². The molecular formula is C14H19NO2.